The van der Waals surface area contributed by atoms with Gasteiger partial charge >= 0.3 is 0 Å². The number of hydrogen-bond donors (Lipinski definition) is 0. The maximum Gasteiger partial charge on any atom is 0.144 e. The van der Waals surface area contributed by atoms with Gasteiger partial charge in [0.25, 0.3) is 0 Å². The van der Waals surface area contributed by atoms with Gasteiger partial charge in [0.05, 0.1) is 0 Å². The van der Waals surface area contributed by atoms with E-state index in [0.717, 1.165) is 19.3 Å². The van der Waals surface area contributed by atoms with Crippen molar-refractivity contribution in [3.63, 3.8) is 0 Å². The van der Waals surface area contributed by atoms with Crippen molar-refractivity contribution in [1.29, 1.82) is 0 Å². The van der Waals surface area contributed by atoms with Gasteiger partial charge in [-0.05, 0) is 34.7 Å². The van der Waals surface area contributed by atoms with Crippen LogP contribution in [0.15, 0.2) is 0 Å². The van der Waals surface area contributed by atoms with Crippen molar-refractivity contribution in [1.82, 2.24) is 0 Å². The molecule has 0 bridgehead atoms. The largest absolute Gasteiger partial charge is 0.298 e. The zero-order chi connectivity index (χ0) is 12.6. The van der Waals surface area contributed by atoms with Crippen LogP contribution in [0.25, 0.3) is 0 Å². The number of carbonyl (C=O) groups is 1. The number of Topliss-reactive ketones (excluding diaryl/α,β-unsaturated/α-hetero) is 1. The minimum absolute atomic E-state index is 0.239. The summed E-state index contributed by atoms with van der Waals surface area (Å²) in [7, 11) is -1.90. The van der Waals surface area contributed by atoms with E-state index in [0.29, 0.717) is 17.3 Å². The van der Waals surface area contributed by atoms with Crippen molar-refractivity contribution in [2.75, 3.05) is 11.5 Å². The second-order valence-corrected chi connectivity index (χ2v) is 8.84. The maximum absolute atomic E-state index is 12.5. The van der Waals surface area contributed by atoms with Crippen LogP contribution < -0.4 is 0 Å². The summed E-state index contributed by atoms with van der Waals surface area (Å²) in [5.41, 5.74) is -0.535. The molecule has 0 spiro atoms. The van der Waals surface area contributed by atoms with Gasteiger partial charge in [-0.25, -0.2) is 0 Å². The second kappa shape index (κ2) is 4.17. The van der Waals surface area contributed by atoms with Gasteiger partial charge in [0, 0.05) is 22.3 Å². The van der Waals surface area contributed by atoms with Crippen LogP contribution >= 0.6 is 0 Å². The van der Waals surface area contributed by atoms with Crippen LogP contribution in [0.3, 0.4) is 0 Å². The Kier molecular flexibility index (Phi) is 3.59. The number of ketones is 1. The highest BCUT2D eigenvalue weighted by Gasteiger charge is 2.44. The van der Waals surface area contributed by atoms with Crippen molar-refractivity contribution >= 4 is 21.2 Å². The molecule has 0 aliphatic carbocycles. The Balaban J connectivity index is 2.94. The molecule has 0 N–H and O–H groups in total. The Labute approximate surface area is 99.8 Å². The molecule has 1 heterocycles. The Hall–Kier alpha value is -0.310. The first-order chi connectivity index (χ1) is 7.13. The summed E-state index contributed by atoms with van der Waals surface area (Å²) in [5, 5.41) is 0. The van der Waals surface area contributed by atoms with E-state index in [4.69, 9.17) is 0 Å². The molecule has 0 aromatic heterocycles. The van der Waals surface area contributed by atoms with E-state index in [9.17, 15) is 9.00 Å². The molecule has 1 rings (SSSR count). The van der Waals surface area contributed by atoms with Crippen molar-refractivity contribution in [2.45, 2.75) is 47.0 Å². The molecule has 1 fully saturated rings. The predicted octanol–water partition coefficient (Wildman–Crippen LogP) is 2.51. The van der Waals surface area contributed by atoms with Gasteiger partial charge in [-0.2, -0.15) is 0 Å². The minimum Gasteiger partial charge on any atom is -0.298 e. The Morgan fingerprint density at radius 2 is 1.75 bits per heavy atom. The predicted molar refractivity (Wildman–Crippen MR) is 71.4 cm³/mol. The van der Waals surface area contributed by atoms with E-state index in [1.165, 1.54) is 0 Å². The zero-order valence-corrected chi connectivity index (χ0v) is 11.8. The van der Waals surface area contributed by atoms with Crippen molar-refractivity contribution in [3.05, 3.63) is 0 Å². The summed E-state index contributed by atoms with van der Waals surface area (Å²) >= 11 is 0. The van der Waals surface area contributed by atoms with E-state index < -0.39 is 9.52 Å². The lowest BCUT2D eigenvalue weighted by atomic mass is 9.67. The fourth-order valence-corrected chi connectivity index (χ4v) is 4.26. The molecule has 0 atom stereocenters. The highest BCUT2D eigenvalue weighted by molar-refractivity contribution is 8.00. The SMILES string of the molecule is C=S1(=O)CCC(CC)(C(=O)C(C)(C)C)CC1. The molecular weight excluding hydrogens is 220 g/mol. The first-order valence-corrected chi connectivity index (χ1v) is 8.07. The van der Waals surface area contributed by atoms with E-state index in [2.05, 4.69) is 12.8 Å². The van der Waals surface area contributed by atoms with E-state index in [1.807, 2.05) is 20.8 Å². The van der Waals surface area contributed by atoms with Gasteiger partial charge < -0.3 is 0 Å². The molecule has 0 radical (unpaired) electrons. The van der Waals surface area contributed by atoms with Gasteiger partial charge in [-0.3, -0.25) is 9.00 Å². The number of carbonyl (C=O) groups excluding carboxylic acids is 1. The lowest BCUT2D eigenvalue weighted by Gasteiger charge is -2.40. The molecule has 1 saturated heterocycles. The molecule has 0 amide bonds. The van der Waals surface area contributed by atoms with Gasteiger partial charge in [-0.15, -0.1) is 0 Å². The average molecular weight is 244 g/mol. The normalized spacial score (nSPS) is 36.0. The molecule has 0 aromatic carbocycles. The molecule has 0 saturated carbocycles. The molecule has 3 heteroatoms. The summed E-state index contributed by atoms with van der Waals surface area (Å²) in [5.74, 6) is 5.33. The highest BCUT2D eigenvalue weighted by atomic mass is 32.2. The van der Waals surface area contributed by atoms with Crippen LogP contribution in [0, 0.1) is 10.8 Å². The van der Waals surface area contributed by atoms with Gasteiger partial charge in [0.1, 0.15) is 5.78 Å². The third-order valence-electron chi connectivity index (χ3n) is 3.74. The Morgan fingerprint density at radius 1 is 1.31 bits per heavy atom. The van der Waals surface area contributed by atoms with Crippen molar-refractivity contribution in [3.8, 4) is 0 Å². The Morgan fingerprint density at radius 3 is 2.06 bits per heavy atom. The molecule has 1 aliphatic heterocycles. The number of hydrogen-bond acceptors (Lipinski definition) is 2. The Bertz CT molecular complexity index is 357. The smallest absolute Gasteiger partial charge is 0.144 e. The third-order valence-corrected chi connectivity index (χ3v) is 5.64. The van der Waals surface area contributed by atoms with Crippen LogP contribution in [0.2, 0.25) is 0 Å². The van der Waals surface area contributed by atoms with Gasteiger partial charge in [-0.1, -0.05) is 27.7 Å². The van der Waals surface area contributed by atoms with Gasteiger partial charge in [0.15, 0.2) is 0 Å². The molecule has 2 nitrogen and oxygen atoms in total. The first-order valence-electron chi connectivity index (χ1n) is 6.00. The summed E-state index contributed by atoms with van der Waals surface area (Å²) in [6, 6.07) is 0. The van der Waals surface area contributed by atoms with Gasteiger partial charge in [0.2, 0.25) is 0 Å². The lowest BCUT2D eigenvalue weighted by Crippen LogP contribution is -2.44. The fourth-order valence-electron chi connectivity index (χ4n) is 2.53. The minimum atomic E-state index is -1.90. The molecular formula is C13H24O2S. The monoisotopic (exact) mass is 244 g/mol. The topological polar surface area (TPSA) is 34.1 Å². The van der Waals surface area contributed by atoms with Crippen LogP contribution in [-0.4, -0.2) is 27.4 Å². The fraction of sp³-hybridized carbons (Fsp3) is 0.846. The molecule has 0 unspecified atom stereocenters. The lowest BCUT2D eigenvalue weighted by molar-refractivity contribution is -0.137. The van der Waals surface area contributed by atoms with Crippen LogP contribution in [0.1, 0.15) is 47.0 Å². The standard InChI is InChI=1S/C13H24O2S/c1-6-13(11(14)12(2,3)4)7-9-16(5,15)10-8-13/h5-10H2,1-4H3. The first kappa shape index (κ1) is 13.8. The number of rotatable bonds is 2. The molecule has 94 valence electrons. The van der Waals surface area contributed by atoms with E-state index >= 15 is 0 Å². The van der Waals surface area contributed by atoms with Crippen molar-refractivity contribution < 1.29 is 9.00 Å². The summed E-state index contributed by atoms with van der Waals surface area (Å²) in [6.07, 6.45) is 2.36. The van der Waals surface area contributed by atoms with E-state index in [1.54, 1.807) is 0 Å². The van der Waals surface area contributed by atoms with Crippen LogP contribution in [0.5, 0.6) is 0 Å². The summed E-state index contributed by atoms with van der Waals surface area (Å²) in [4.78, 5) is 12.5. The summed E-state index contributed by atoms with van der Waals surface area (Å²) in [6.45, 7) is 7.99. The summed E-state index contributed by atoms with van der Waals surface area (Å²) < 4.78 is 11.9. The van der Waals surface area contributed by atoms with E-state index in [-0.39, 0.29) is 10.8 Å². The average Bonchev–Trinajstić information content (AvgIpc) is 2.17. The second-order valence-electron chi connectivity index (χ2n) is 6.09. The molecule has 1 aliphatic rings. The third kappa shape index (κ3) is 2.68. The highest BCUT2D eigenvalue weighted by Crippen LogP contribution is 2.41. The quantitative estimate of drug-likeness (QED) is 0.699. The van der Waals surface area contributed by atoms with Crippen LogP contribution in [-0.2, 0) is 14.3 Å². The maximum atomic E-state index is 12.5. The zero-order valence-electron chi connectivity index (χ0n) is 11.0. The van der Waals surface area contributed by atoms with Crippen LogP contribution in [0.4, 0.5) is 0 Å². The van der Waals surface area contributed by atoms with Crippen molar-refractivity contribution in [2.24, 2.45) is 10.8 Å². The molecule has 16 heavy (non-hydrogen) atoms. The molecule has 0 aromatic rings.